The van der Waals surface area contributed by atoms with Gasteiger partial charge >= 0.3 is 0 Å². The predicted octanol–water partition coefficient (Wildman–Crippen LogP) is 3.18. The summed E-state index contributed by atoms with van der Waals surface area (Å²) in [5.74, 6) is 0.519. The highest BCUT2D eigenvalue weighted by Gasteiger charge is 2.20. The molecule has 1 aromatic heterocycles. The Morgan fingerprint density at radius 1 is 1.41 bits per heavy atom. The van der Waals surface area contributed by atoms with Crippen LogP contribution in [0.15, 0.2) is 41.0 Å². The molecule has 2 rings (SSSR count). The van der Waals surface area contributed by atoms with Crippen molar-refractivity contribution in [3.05, 3.63) is 52.9 Å². The van der Waals surface area contributed by atoms with Crippen LogP contribution in [0.4, 0.5) is 0 Å². The van der Waals surface area contributed by atoms with E-state index in [9.17, 15) is 9.90 Å². The van der Waals surface area contributed by atoms with Gasteiger partial charge in [-0.25, -0.2) is 0 Å². The topological polar surface area (TPSA) is 71.7 Å². The second-order valence-electron chi connectivity index (χ2n) is 5.03. The summed E-state index contributed by atoms with van der Waals surface area (Å²) >= 11 is 5.96. The van der Waals surface area contributed by atoms with Gasteiger partial charge < -0.3 is 19.6 Å². The second-order valence-corrected chi connectivity index (χ2v) is 5.47. The van der Waals surface area contributed by atoms with Gasteiger partial charge in [-0.1, -0.05) is 11.6 Å². The van der Waals surface area contributed by atoms with E-state index in [-0.39, 0.29) is 12.7 Å². The number of hydrogen-bond donors (Lipinski definition) is 2. The fourth-order valence-electron chi connectivity index (χ4n) is 1.97. The van der Waals surface area contributed by atoms with E-state index >= 15 is 0 Å². The van der Waals surface area contributed by atoms with Gasteiger partial charge in [0.1, 0.15) is 17.6 Å². The standard InChI is InChI=1S/C16H18ClNO4/c1-10(2)22-14-6-5-11(17)8-12(14)16(20)18-13(9-19)15-4-3-7-21-15/h3-8,10,13,19H,9H2,1-2H3,(H,18,20). The van der Waals surface area contributed by atoms with Crippen molar-refractivity contribution in [1.29, 1.82) is 0 Å². The molecular weight excluding hydrogens is 306 g/mol. The van der Waals surface area contributed by atoms with Crippen molar-refractivity contribution < 1.29 is 19.1 Å². The van der Waals surface area contributed by atoms with Gasteiger partial charge in [-0.05, 0) is 44.2 Å². The lowest BCUT2D eigenvalue weighted by Gasteiger charge is -2.17. The number of carbonyl (C=O) groups is 1. The summed E-state index contributed by atoms with van der Waals surface area (Å²) in [4.78, 5) is 12.5. The molecule has 0 fully saturated rings. The van der Waals surface area contributed by atoms with E-state index in [1.54, 1.807) is 24.3 Å². The lowest BCUT2D eigenvalue weighted by Crippen LogP contribution is -2.31. The third-order valence-corrected chi connectivity index (χ3v) is 3.16. The first-order chi connectivity index (χ1) is 10.5. The minimum absolute atomic E-state index is 0.0774. The Hall–Kier alpha value is -1.98. The number of nitrogens with one attached hydrogen (secondary N) is 1. The molecule has 0 aliphatic carbocycles. The highest BCUT2D eigenvalue weighted by molar-refractivity contribution is 6.31. The van der Waals surface area contributed by atoms with Gasteiger partial charge in [0.05, 0.1) is 24.5 Å². The Morgan fingerprint density at radius 2 is 2.18 bits per heavy atom. The Morgan fingerprint density at radius 3 is 2.77 bits per heavy atom. The van der Waals surface area contributed by atoms with Crippen LogP contribution in [0, 0.1) is 0 Å². The van der Waals surface area contributed by atoms with Crippen LogP contribution in [0.2, 0.25) is 5.02 Å². The van der Waals surface area contributed by atoms with Crippen molar-refractivity contribution in [2.45, 2.75) is 26.0 Å². The van der Waals surface area contributed by atoms with Gasteiger partial charge in [0.15, 0.2) is 0 Å². The number of hydrogen-bond acceptors (Lipinski definition) is 4. The number of halogens is 1. The maximum absolute atomic E-state index is 12.5. The fourth-order valence-corrected chi connectivity index (χ4v) is 2.14. The molecule has 0 spiro atoms. The third-order valence-electron chi connectivity index (χ3n) is 2.92. The average Bonchev–Trinajstić information content (AvgIpc) is 3.00. The monoisotopic (exact) mass is 323 g/mol. The summed E-state index contributed by atoms with van der Waals surface area (Å²) in [6, 6.07) is 7.59. The molecule has 2 aromatic rings. The van der Waals surface area contributed by atoms with Gasteiger partial charge in [-0.15, -0.1) is 0 Å². The van der Waals surface area contributed by atoms with Crippen molar-refractivity contribution >= 4 is 17.5 Å². The molecule has 1 aromatic carbocycles. The zero-order valence-electron chi connectivity index (χ0n) is 12.4. The molecule has 6 heteroatoms. The maximum atomic E-state index is 12.5. The molecule has 22 heavy (non-hydrogen) atoms. The molecular formula is C16H18ClNO4. The molecule has 0 saturated heterocycles. The zero-order chi connectivity index (χ0) is 16.1. The smallest absolute Gasteiger partial charge is 0.255 e. The molecule has 1 atom stereocenters. The number of aliphatic hydroxyl groups is 1. The number of carbonyl (C=O) groups excluding carboxylic acids is 1. The highest BCUT2D eigenvalue weighted by atomic mass is 35.5. The molecule has 0 bridgehead atoms. The minimum Gasteiger partial charge on any atom is -0.490 e. The first kappa shape index (κ1) is 16.4. The average molecular weight is 324 g/mol. The second kappa shape index (κ2) is 7.33. The largest absolute Gasteiger partial charge is 0.490 e. The van der Waals surface area contributed by atoms with Crippen molar-refractivity contribution in [3.8, 4) is 5.75 Å². The third kappa shape index (κ3) is 4.02. The Balaban J connectivity index is 2.22. The number of aliphatic hydroxyl groups excluding tert-OH is 1. The van der Waals surface area contributed by atoms with Gasteiger partial charge in [0.25, 0.3) is 5.91 Å². The Bertz CT molecular complexity index is 625. The first-order valence-electron chi connectivity index (χ1n) is 6.92. The van der Waals surface area contributed by atoms with E-state index in [0.717, 1.165) is 0 Å². The normalized spacial score (nSPS) is 12.2. The first-order valence-corrected chi connectivity index (χ1v) is 7.30. The van der Waals surface area contributed by atoms with Crippen LogP contribution < -0.4 is 10.1 Å². The molecule has 1 heterocycles. The van der Waals surface area contributed by atoms with Crippen LogP contribution in [0.5, 0.6) is 5.75 Å². The quantitative estimate of drug-likeness (QED) is 0.856. The van der Waals surface area contributed by atoms with Crippen molar-refractivity contribution in [1.82, 2.24) is 5.32 Å². The number of furan rings is 1. The van der Waals surface area contributed by atoms with Crippen LogP contribution in [0.25, 0.3) is 0 Å². The predicted molar refractivity (Wildman–Crippen MR) is 83.2 cm³/mol. The SMILES string of the molecule is CC(C)Oc1ccc(Cl)cc1C(=O)NC(CO)c1ccco1. The molecule has 0 radical (unpaired) electrons. The highest BCUT2D eigenvalue weighted by Crippen LogP contribution is 2.25. The van der Waals surface area contributed by atoms with Crippen molar-refractivity contribution in [3.63, 3.8) is 0 Å². The number of rotatable bonds is 6. The van der Waals surface area contributed by atoms with Gasteiger partial charge in [-0.3, -0.25) is 4.79 Å². The zero-order valence-corrected chi connectivity index (χ0v) is 13.1. The molecule has 0 saturated carbocycles. The van der Waals surface area contributed by atoms with Crippen molar-refractivity contribution in [2.75, 3.05) is 6.61 Å². The van der Waals surface area contributed by atoms with E-state index in [4.69, 9.17) is 20.8 Å². The van der Waals surface area contributed by atoms with Crippen LogP contribution in [0.3, 0.4) is 0 Å². The summed E-state index contributed by atoms with van der Waals surface area (Å²) in [6.07, 6.45) is 1.41. The summed E-state index contributed by atoms with van der Waals surface area (Å²) in [7, 11) is 0. The summed E-state index contributed by atoms with van der Waals surface area (Å²) in [6.45, 7) is 3.46. The van der Waals surface area contributed by atoms with Crippen molar-refractivity contribution in [2.24, 2.45) is 0 Å². The van der Waals surface area contributed by atoms with Crippen LogP contribution in [-0.4, -0.2) is 23.7 Å². The van der Waals surface area contributed by atoms with Gasteiger partial charge in [0, 0.05) is 5.02 Å². The summed E-state index contributed by atoms with van der Waals surface area (Å²) in [5.41, 5.74) is 0.311. The lowest BCUT2D eigenvalue weighted by atomic mass is 10.1. The minimum atomic E-state index is -0.631. The van der Waals surface area contributed by atoms with Crippen LogP contribution in [0.1, 0.15) is 36.0 Å². The maximum Gasteiger partial charge on any atom is 0.255 e. The molecule has 0 aliphatic heterocycles. The molecule has 1 amide bonds. The number of ether oxygens (including phenoxy) is 1. The Kier molecular flexibility index (Phi) is 5.46. The number of benzene rings is 1. The van der Waals surface area contributed by atoms with E-state index < -0.39 is 11.9 Å². The number of amides is 1. The molecule has 118 valence electrons. The fraction of sp³-hybridized carbons (Fsp3) is 0.312. The van der Waals surface area contributed by atoms with E-state index in [1.165, 1.54) is 12.3 Å². The van der Waals surface area contributed by atoms with E-state index in [0.29, 0.717) is 22.1 Å². The molecule has 1 unspecified atom stereocenters. The summed E-state index contributed by atoms with van der Waals surface area (Å²) in [5, 5.41) is 12.6. The van der Waals surface area contributed by atoms with E-state index in [2.05, 4.69) is 5.32 Å². The van der Waals surface area contributed by atoms with Gasteiger partial charge in [0.2, 0.25) is 0 Å². The molecule has 2 N–H and O–H groups in total. The van der Waals surface area contributed by atoms with Crippen LogP contribution in [-0.2, 0) is 0 Å². The lowest BCUT2D eigenvalue weighted by molar-refractivity contribution is 0.0901. The molecule has 5 nitrogen and oxygen atoms in total. The van der Waals surface area contributed by atoms with Gasteiger partial charge in [-0.2, -0.15) is 0 Å². The Labute approximate surface area is 133 Å². The van der Waals surface area contributed by atoms with Crippen LogP contribution >= 0.6 is 11.6 Å². The molecule has 0 aliphatic rings. The van der Waals surface area contributed by atoms with E-state index in [1.807, 2.05) is 13.8 Å². The summed E-state index contributed by atoms with van der Waals surface area (Å²) < 4.78 is 10.8.